The Morgan fingerprint density at radius 1 is 0.609 bits per heavy atom. The zero-order chi connectivity index (χ0) is 16.3. The van der Waals surface area contributed by atoms with Gasteiger partial charge in [-0.05, 0) is 65.0 Å². The maximum atomic E-state index is 8.53. The van der Waals surface area contributed by atoms with Crippen LogP contribution in [0.15, 0.2) is 48.5 Å². The van der Waals surface area contributed by atoms with Crippen molar-refractivity contribution in [1.29, 1.82) is 10.5 Å². The van der Waals surface area contributed by atoms with E-state index < -0.39 is 0 Å². The van der Waals surface area contributed by atoms with Crippen LogP contribution in [-0.2, 0) is 19.3 Å². The van der Waals surface area contributed by atoms with E-state index in [1.807, 2.05) is 0 Å². The fourth-order valence-electron chi connectivity index (χ4n) is 2.31. The van der Waals surface area contributed by atoms with Gasteiger partial charge in [-0.1, -0.05) is 48.5 Å². The van der Waals surface area contributed by atoms with Crippen LogP contribution in [0.1, 0.15) is 22.3 Å². The number of hydrogen-bond acceptors (Lipinski definition) is 4. The number of nitrogens with zero attached hydrogens (tertiary/aromatic N) is 2. The van der Waals surface area contributed by atoms with E-state index in [1.165, 1.54) is 45.8 Å². The molecule has 0 fully saturated rings. The van der Waals surface area contributed by atoms with E-state index >= 15 is 0 Å². The first-order valence-corrected chi connectivity index (χ1v) is 9.46. The smallest absolute Gasteiger partial charge is 0.133 e. The maximum absolute atomic E-state index is 8.53. The molecule has 0 unspecified atom stereocenters. The second-order valence-corrected chi connectivity index (χ2v) is 6.95. The second kappa shape index (κ2) is 10.0. The van der Waals surface area contributed by atoms with E-state index in [4.69, 9.17) is 10.5 Å². The lowest BCUT2D eigenvalue weighted by Crippen LogP contribution is -1.93. The van der Waals surface area contributed by atoms with E-state index in [1.54, 1.807) is 0 Å². The molecule has 0 aliphatic carbocycles. The summed E-state index contributed by atoms with van der Waals surface area (Å²) in [7, 11) is 0. The average molecular weight is 339 g/mol. The Hall–Kier alpha value is -1.88. The molecule has 0 N–H and O–H groups in total. The van der Waals surface area contributed by atoms with Gasteiger partial charge in [0, 0.05) is 11.5 Å². The van der Waals surface area contributed by atoms with E-state index in [0.29, 0.717) is 0 Å². The highest BCUT2D eigenvalue weighted by Gasteiger charge is 1.99. The molecule has 0 spiro atoms. The molecule has 0 saturated carbocycles. The predicted octanol–water partition coefficient (Wildman–Crippen LogP) is 4.79. The largest absolute Gasteiger partial charge is 0.185 e. The van der Waals surface area contributed by atoms with Crippen LogP contribution in [0.25, 0.3) is 0 Å². The molecule has 0 aliphatic heterocycles. The zero-order valence-electron chi connectivity index (χ0n) is 12.9. The lowest BCUT2D eigenvalue weighted by atomic mass is 10.0. The van der Waals surface area contributed by atoms with Crippen LogP contribution in [0.3, 0.4) is 0 Å². The Labute approximate surface area is 146 Å². The van der Waals surface area contributed by atoms with Crippen molar-refractivity contribution in [3.63, 3.8) is 0 Å². The lowest BCUT2D eigenvalue weighted by molar-refractivity contribution is 1.12. The molecule has 4 heteroatoms. The molecule has 0 radical (unpaired) electrons. The van der Waals surface area contributed by atoms with Crippen LogP contribution in [-0.4, -0.2) is 11.5 Å². The van der Waals surface area contributed by atoms with Crippen LogP contribution in [0.2, 0.25) is 0 Å². The van der Waals surface area contributed by atoms with Crippen molar-refractivity contribution in [2.45, 2.75) is 19.3 Å². The van der Waals surface area contributed by atoms with Gasteiger partial charge in [0.25, 0.3) is 0 Å². The molecule has 0 bridgehead atoms. The first-order valence-electron chi connectivity index (χ1n) is 7.49. The van der Waals surface area contributed by atoms with E-state index in [0.717, 1.165) is 30.8 Å². The molecule has 2 aromatic rings. The molecule has 0 aromatic heterocycles. The van der Waals surface area contributed by atoms with Crippen LogP contribution >= 0.6 is 23.5 Å². The molecule has 116 valence electrons. The van der Waals surface area contributed by atoms with Crippen molar-refractivity contribution in [3.05, 3.63) is 70.8 Å². The quantitative estimate of drug-likeness (QED) is 0.513. The van der Waals surface area contributed by atoms with E-state index in [2.05, 4.69) is 59.3 Å². The Bertz CT molecular complexity index is 618. The highest BCUT2D eigenvalue weighted by Crippen LogP contribution is 2.14. The van der Waals surface area contributed by atoms with Crippen molar-refractivity contribution in [1.82, 2.24) is 0 Å². The minimum atomic E-state index is 0.849. The molecule has 0 heterocycles. The third-order valence-corrected chi connectivity index (χ3v) is 4.64. The number of thiocyanates is 2. The third kappa shape index (κ3) is 6.40. The minimum Gasteiger partial charge on any atom is -0.185 e. The summed E-state index contributed by atoms with van der Waals surface area (Å²) in [5, 5.41) is 21.3. The summed E-state index contributed by atoms with van der Waals surface area (Å²) in [4.78, 5) is 0. The standard InChI is InChI=1S/C19H18N2S2/c20-14-22-11-9-16-1-5-18(6-2-16)13-19-7-3-17(4-8-19)10-12-23-15-21/h1-8H,9-13H2. The lowest BCUT2D eigenvalue weighted by Gasteiger charge is -2.05. The van der Waals surface area contributed by atoms with Crippen molar-refractivity contribution in [2.24, 2.45) is 0 Å². The number of thioether (sulfide) groups is 2. The summed E-state index contributed by atoms with van der Waals surface area (Å²) in [6, 6.07) is 17.3. The van der Waals surface area contributed by atoms with Crippen molar-refractivity contribution in [3.8, 4) is 10.8 Å². The van der Waals surface area contributed by atoms with Gasteiger partial charge in [0.15, 0.2) is 0 Å². The topological polar surface area (TPSA) is 47.6 Å². The summed E-state index contributed by atoms with van der Waals surface area (Å²) >= 11 is 2.61. The predicted molar refractivity (Wildman–Crippen MR) is 99.2 cm³/mol. The van der Waals surface area contributed by atoms with Crippen molar-refractivity contribution in [2.75, 3.05) is 11.5 Å². The highest BCUT2D eigenvalue weighted by molar-refractivity contribution is 8.03. The summed E-state index contributed by atoms with van der Waals surface area (Å²) in [5.74, 6) is 1.70. The van der Waals surface area contributed by atoms with Crippen LogP contribution in [0.4, 0.5) is 0 Å². The van der Waals surface area contributed by atoms with Crippen molar-refractivity contribution >= 4 is 23.5 Å². The molecule has 23 heavy (non-hydrogen) atoms. The van der Waals surface area contributed by atoms with Gasteiger partial charge >= 0.3 is 0 Å². The summed E-state index contributed by atoms with van der Waals surface area (Å²) < 4.78 is 0. The normalized spacial score (nSPS) is 10.0. The van der Waals surface area contributed by atoms with E-state index in [-0.39, 0.29) is 0 Å². The summed E-state index contributed by atoms with van der Waals surface area (Å²) in [5.41, 5.74) is 5.16. The average Bonchev–Trinajstić information content (AvgIpc) is 2.58. The van der Waals surface area contributed by atoms with Gasteiger partial charge in [-0.25, -0.2) is 0 Å². The van der Waals surface area contributed by atoms with Gasteiger partial charge in [0.05, 0.1) is 0 Å². The number of nitriles is 2. The number of rotatable bonds is 8. The number of hydrogen-bond donors (Lipinski definition) is 0. The Morgan fingerprint density at radius 3 is 1.30 bits per heavy atom. The molecular weight excluding hydrogens is 320 g/mol. The Morgan fingerprint density at radius 2 is 0.957 bits per heavy atom. The third-order valence-electron chi connectivity index (χ3n) is 3.57. The number of benzene rings is 2. The van der Waals surface area contributed by atoms with Gasteiger partial charge in [0.1, 0.15) is 10.8 Å². The molecule has 0 aliphatic rings. The first kappa shape index (κ1) is 17.5. The van der Waals surface area contributed by atoms with Gasteiger partial charge in [0.2, 0.25) is 0 Å². The first-order chi connectivity index (χ1) is 11.3. The molecule has 2 rings (SSSR count). The molecule has 0 saturated heterocycles. The Kier molecular flexibility index (Phi) is 7.60. The summed E-state index contributed by atoms with van der Waals surface area (Å²) in [6.45, 7) is 0. The fourth-order valence-corrected chi connectivity index (χ4v) is 3.17. The fraction of sp³-hybridized carbons (Fsp3) is 0.263. The van der Waals surface area contributed by atoms with Gasteiger partial charge in [-0.2, -0.15) is 10.5 Å². The second-order valence-electron chi connectivity index (χ2n) is 5.19. The van der Waals surface area contributed by atoms with Gasteiger partial charge in [-0.3, -0.25) is 0 Å². The van der Waals surface area contributed by atoms with Crippen molar-refractivity contribution < 1.29 is 0 Å². The van der Waals surface area contributed by atoms with Crippen LogP contribution < -0.4 is 0 Å². The molecule has 0 atom stereocenters. The van der Waals surface area contributed by atoms with E-state index in [9.17, 15) is 0 Å². The van der Waals surface area contributed by atoms with Gasteiger partial charge in [-0.15, -0.1) is 0 Å². The van der Waals surface area contributed by atoms with Gasteiger partial charge < -0.3 is 0 Å². The minimum absolute atomic E-state index is 0.849. The Balaban J connectivity index is 1.86. The SMILES string of the molecule is N#CSCCc1ccc(Cc2ccc(CCSC#N)cc2)cc1. The van der Waals surface area contributed by atoms with Crippen LogP contribution in [0.5, 0.6) is 0 Å². The van der Waals surface area contributed by atoms with Crippen LogP contribution in [0, 0.1) is 21.3 Å². The maximum Gasteiger partial charge on any atom is 0.133 e. The molecule has 2 nitrogen and oxygen atoms in total. The highest BCUT2D eigenvalue weighted by atomic mass is 32.2. The monoisotopic (exact) mass is 338 g/mol. The zero-order valence-corrected chi connectivity index (χ0v) is 14.5. The molecule has 2 aromatic carbocycles. The number of aryl methyl sites for hydroxylation is 2. The summed E-state index contributed by atoms with van der Waals surface area (Å²) in [6.07, 6.45) is 2.81. The molecular formula is C19H18N2S2. The molecule has 0 amide bonds.